The van der Waals surface area contributed by atoms with Crippen molar-refractivity contribution < 1.29 is 4.79 Å². The third-order valence-electron chi connectivity index (χ3n) is 5.89. The Morgan fingerprint density at radius 3 is 2.61 bits per heavy atom. The number of para-hydroxylation sites is 1. The van der Waals surface area contributed by atoms with Gasteiger partial charge in [0.1, 0.15) is 6.33 Å². The van der Waals surface area contributed by atoms with Gasteiger partial charge in [0, 0.05) is 37.3 Å². The summed E-state index contributed by atoms with van der Waals surface area (Å²) in [7, 11) is 0. The zero-order chi connectivity index (χ0) is 22.8. The van der Waals surface area contributed by atoms with Gasteiger partial charge in [-0.1, -0.05) is 18.2 Å². The molecule has 168 valence electrons. The highest BCUT2D eigenvalue weighted by atomic mass is 32.1. The molecule has 33 heavy (non-hydrogen) atoms. The van der Waals surface area contributed by atoms with Crippen LogP contribution in [0.3, 0.4) is 0 Å². The molecule has 3 heterocycles. The molecule has 0 unspecified atom stereocenters. The average molecular weight is 460 g/mol. The summed E-state index contributed by atoms with van der Waals surface area (Å²) >= 11 is 1.80. The lowest BCUT2D eigenvalue weighted by Gasteiger charge is -2.31. The smallest absolute Gasteiger partial charge is 0.232 e. The number of anilines is 4. The number of fused-ring (bicyclic) bond motifs is 1. The van der Waals surface area contributed by atoms with Crippen molar-refractivity contribution >= 4 is 50.7 Å². The Labute approximate surface area is 196 Å². The van der Waals surface area contributed by atoms with Gasteiger partial charge in [-0.05, 0) is 49.6 Å². The van der Waals surface area contributed by atoms with Gasteiger partial charge >= 0.3 is 0 Å². The first-order valence-electron chi connectivity index (χ1n) is 11.0. The number of benzene rings is 2. The van der Waals surface area contributed by atoms with E-state index < -0.39 is 0 Å². The molecule has 1 aliphatic rings. The monoisotopic (exact) mass is 459 g/mol. The molecule has 2 aromatic heterocycles. The molecule has 1 amide bonds. The van der Waals surface area contributed by atoms with E-state index >= 15 is 0 Å². The molecule has 0 aliphatic carbocycles. The van der Waals surface area contributed by atoms with Crippen molar-refractivity contribution in [3.63, 3.8) is 0 Å². The molecule has 1 saturated heterocycles. The van der Waals surface area contributed by atoms with E-state index in [-0.39, 0.29) is 5.91 Å². The Morgan fingerprint density at radius 1 is 1.03 bits per heavy atom. The van der Waals surface area contributed by atoms with E-state index in [1.807, 2.05) is 31.2 Å². The van der Waals surface area contributed by atoms with E-state index in [0.29, 0.717) is 17.8 Å². The van der Waals surface area contributed by atoms with Gasteiger partial charge in [-0.25, -0.2) is 15.0 Å². The van der Waals surface area contributed by atoms with Crippen LogP contribution in [0, 0.1) is 6.92 Å². The molecule has 2 aromatic carbocycles. The van der Waals surface area contributed by atoms with Crippen LogP contribution < -0.4 is 15.5 Å². The molecule has 0 bridgehead atoms. The molecule has 0 spiro atoms. The number of amides is 1. The van der Waals surface area contributed by atoms with Crippen LogP contribution in [0.2, 0.25) is 0 Å². The highest BCUT2D eigenvalue weighted by Crippen LogP contribution is 2.34. The van der Waals surface area contributed by atoms with Crippen molar-refractivity contribution in [2.75, 3.05) is 28.6 Å². The zero-order valence-corrected chi connectivity index (χ0v) is 19.4. The highest BCUT2D eigenvalue weighted by molar-refractivity contribution is 7.18. The summed E-state index contributed by atoms with van der Waals surface area (Å²) in [6.45, 7) is 5.20. The second kappa shape index (κ2) is 9.11. The van der Waals surface area contributed by atoms with Crippen LogP contribution in [0.5, 0.6) is 0 Å². The van der Waals surface area contributed by atoms with Crippen LogP contribution in [-0.2, 0) is 4.79 Å². The maximum absolute atomic E-state index is 11.4. The number of piperidine rings is 1. The predicted octanol–water partition coefficient (Wildman–Crippen LogP) is 4.88. The minimum atomic E-state index is -0.105. The zero-order valence-electron chi connectivity index (χ0n) is 18.6. The number of thiazole rings is 1. The normalized spacial score (nSPS) is 14.4. The molecule has 2 N–H and O–H groups in total. The second-order valence-electron chi connectivity index (χ2n) is 8.17. The summed E-state index contributed by atoms with van der Waals surface area (Å²) in [6.07, 6.45) is 3.58. The molecule has 5 rings (SSSR count). The van der Waals surface area contributed by atoms with Crippen molar-refractivity contribution in [2.24, 2.45) is 0 Å². The molecule has 4 aromatic rings. The minimum absolute atomic E-state index is 0.105. The van der Waals surface area contributed by atoms with Gasteiger partial charge in [-0.3, -0.25) is 4.79 Å². The van der Waals surface area contributed by atoms with Crippen molar-refractivity contribution in [1.82, 2.24) is 19.9 Å². The van der Waals surface area contributed by atoms with Gasteiger partial charge in [0.05, 0.1) is 15.2 Å². The molecule has 0 radical (unpaired) electrons. The average Bonchev–Trinajstić information content (AvgIpc) is 3.26. The Morgan fingerprint density at radius 2 is 1.82 bits per heavy atom. The van der Waals surface area contributed by atoms with Crippen molar-refractivity contribution in [2.45, 2.75) is 32.6 Å². The molecule has 0 atom stereocenters. The first-order valence-corrected chi connectivity index (χ1v) is 11.8. The third-order valence-corrected chi connectivity index (χ3v) is 7.09. The van der Waals surface area contributed by atoms with E-state index in [9.17, 15) is 4.79 Å². The summed E-state index contributed by atoms with van der Waals surface area (Å²) in [5, 5.41) is 7.34. The lowest BCUT2D eigenvalue weighted by Crippen LogP contribution is -2.34. The molecule has 8 nitrogen and oxygen atoms in total. The van der Waals surface area contributed by atoms with Crippen LogP contribution in [0.1, 0.15) is 36.3 Å². The second-order valence-corrected chi connectivity index (χ2v) is 9.24. The van der Waals surface area contributed by atoms with Gasteiger partial charge in [-0.15, -0.1) is 11.3 Å². The number of hydrogen-bond donors (Lipinski definition) is 2. The first kappa shape index (κ1) is 21.3. The fraction of sp³-hybridized carbons (Fsp3) is 0.292. The first-order chi connectivity index (χ1) is 16.1. The molecular weight excluding hydrogens is 434 g/mol. The van der Waals surface area contributed by atoms with Crippen molar-refractivity contribution in [3.8, 4) is 0 Å². The third kappa shape index (κ3) is 4.63. The topological polar surface area (TPSA) is 95.9 Å². The minimum Gasteiger partial charge on any atom is -0.341 e. The Kier molecular flexibility index (Phi) is 5.87. The van der Waals surface area contributed by atoms with E-state index in [1.54, 1.807) is 11.3 Å². The number of carbonyl (C=O) groups excluding carboxylic acids is 1. The maximum Gasteiger partial charge on any atom is 0.232 e. The summed E-state index contributed by atoms with van der Waals surface area (Å²) in [5.41, 5.74) is 3.61. The quantitative estimate of drug-likeness (QED) is 0.439. The number of aromatic nitrogens is 4. The lowest BCUT2D eigenvalue weighted by molar-refractivity contribution is -0.114. The fourth-order valence-corrected chi connectivity index (χ4v) is 5.24. The van der Waals surface area contributed by atoms with Crippen LogP contribution in [0.25, 0.3) is 10.2 Å². The molecule has 1 aliphatic heterocycles. The summed E-state index contributed by atoms with van der Waals surface area (Å²) < 4.78 is 1.25. The largest absolute Gasteiger partial charge is 0.341 e. The van der Waals surface area contributed by atoms with Gasteiger partial charge in [-0.2, -0.15) is 4.98 Å². The van der Waals surface area contributed by atoms with Crippen LogP contribution >= 0.6 is 11.3 Å². The summed E-state index contributed by atoms with van der Waals surface area (Å²) in [6, 6.07) is 14.0. The summed E-state index contributed by atoms with van der Waals surface area (Å²) in [4.78, 5) is 31.8. The Bertz CT molecular complexity index is 1260. The Balaban J connectivity index is 1.27. The van der Waals surface area contributed by atoms with Crippen LogP contribution in [0.15, 0.2) is 48.8 Å². The van der Waals surface area contributed by atoms with E-state index in [1.165, 1.54) is 23.0 Å². The number of hydrogen-bond acceptors (Lipinski definition) is 8. The van der Waals surface area contributed by atoms with E-state index in [0.717, 1.165) is 48.4 Å². The number of nitrogens with zero attached hydrogens (tertiary/aromatic N) is 5. The van der Waals surface area contributed by atoms with Gasteiger partial charge in [0.25, 0.3) is 0 Å². The molecule has 9 heteroatoms. The number of rotatable bonds is 5. The van der Waals surface area contributed by atoms with E-state index in [4.69, 9.17) is 4.98 Å². The SMILES string of the molecule is CC(=O)Nc1cccc(Nc2ncnc(N3CCC(c4nc5ccccc5s4)CC3)n2)c1C. The van der Waals surface area contributed by atoms with Gasteiger partial charge < -0.3 is 15.5 Å². The van der Waals surface area contributed by atoms with E-state index in [2.05, 4.69) is 48.7 Å². The molecule has 1 fully saturated rings. The number of nitrogens with one attached hydrogen (secondary N) is 2. The fourth-order valence-electron chi connectivity index (χ4n) is 4.11. The standard InChI is InChI=1S/C24H25N7OS/c1-15-18(27-16(2)32)7-5-8-19(15)29-23-25-14-26-24(30-23)31-12-10-17(11-13-31)22-28-20-6-3-4-9-21(20)33-22/h3-9,14,17H,10-13H2,1-2H3,(H,27,32)(H,25,26,29,30). The van der Waals surface area contributed by atoms with Crippen molar-refractivity contribution in [1.29, 1.82) is 0 Å². The lowest BCUT2D eigenvalue weighted by atomic mass is 9.98. The number of carbonyl (C=O) groups is 1. The van der Waals surface area contributed by atoms with Gasteiger partial charge in [0.2, 0.25) is 17.8 Å². The van der Waals surface area contributed by atoms with Crippen molar-refractivity contribution in [3.05, 3.63) is 59.4 Å². The van der Waals surface area contributed by atoms with Crippen LogP contribution in [-0.4, -0.2) is 38.9 Å². The molecule has 0 saturated carbocycles. The van der Waals surface area contributed by atoms with Gasteiger partial charge in [0.15, 0.2) is 0 Å². The summed E-state index contributed by atoms with van der Waals surface area (Å²) in [5.74, 6) is 1.52. The van der Waals surface area contributed by atoms with Crippen LogP contribution in [0.4, 0.5) is 23.3 Å². The predicted molar refractivity (Wildman–Crippen MR) is 132 cm³/mol. The highest BCUT2D eigenvalue weighted by Gasteiger charge is 2.25. The maximum atomic E-state index is 11.4. The Hall–Kier alpha value is -3.59. The molecular formula is C24H25N7OS.